The van der Waals surface area contributed by atoms with Gasteiger partial charge in [0.15, 0.2) is 0 Å². The second-order valence-corrected chi connectivity index (χ2v) is 5.89. The van der Waals surface area contributed by atoms with Crippen LogP contribution < -0.4 is 4.74 Å². The van der Waals surface area contributed by atoms with Gasteiger partial charge in [-0.1, -0.05) is 37.6 Å². The normalized spacial score (nSPS) is 18.5. The number of rotatable bonds is 6. The van der Waals surface area contributed by atoms with Crippen molar-refractivity contribution in [3.05, 3.63) is 54.2 Å². The number of aromatic nitrogens is 1. The molecule has 0 bridgehead atoms. The van der Waals surface area contributed by atoms with E-state index in [1.807, 2.05) is 42.6 Å². The minimum Gasteiger partial charge on any atom is -0.439 e. The highest BCUT2D eigenvalue weighted by Crippen LogP contribution is 2.32. The van der Waals surface area contributed by atoms with Crippen LogP contribution in [0.25, 0.3) is 0 Å². The third-order valence-corrected chi connectivity index (χ3v) is 4.27. The maximum absolute atomic E-state index is 5.76. The Morgan fingerprint density at radius 2 is 2.05 bits per heavy atom. The van der Waals surface area contributed by atoms with Crippen LogP contribution >= 0.6 is 0 Å². The standard InChI is InChI=1S/C19H24N2O/c1-2-3-13-21-14-7-10-18(21)16-11-12-19(20-15-16)22-17-8-5-4-6-9-17/h4-6,8-9,11-12,15,18H,2-3,7,10,13-14H2,1H3/t18-/m1/s1. The summed E-state index contributed by atoms with van der Waals surface area (Å²) in [7, 11) is 0. The Morgan fingerprint density at radius 1 is 1.18 bits per heavy atom. The fourth-order valence-electron chi connectivity index (χ4n) is 3.09. The summed E-state index contributed by atoms with van der Waals surface area (Å²) >= 11 is 0. The van der Waals surface area contributed by atoms with Crippen LogP contribution in [0.1, 0.15) is 44.2 Å². The van der Waals surface area contributed by atoms with E-state index in [0.29, 0.717) is 11.9 Å². The van der Waals surface area contributed by atoms with E-state index in [-0.39, 0.29) is 0 Å². The number of nitrogens with zero attached hydrogens (tertiary/aromatic N) is 2. The van der Waals surface area contributed by atoms with E-state index in [0.717, 1.165) is 5.75 Å². The number of likely N-dealkylation sites (tertiary alicyclic amines) is 1. The van der Waals surface area contributed by atoms with Crippen LogP contribution in [-0.4, -0.2) is 23.0 Å². The summed E-state index contributed by atoms with van der Waals surface area (Å²) in [6.07, 6.45) is 7.04. The SMILES string of the molecule is CCCCN1CCC[C@@H]1c1ccc(Oc2ccccc2)nc1. The van der Waals surface area contributed by atoms with Gasteiger partial charge in [0.1, 0.15) is 5.75 Å². The summed E-state index contributed by atoms with van der Waals surface area (Å²) in [5.41, 5.74) is 1.31. The van der Waals surface area contributed by atoms with E-state index in [1.54, 1.807) is 0 Å². The number of unbranched alkanes of at least 4 members (excludes halogenated alkanes) is 1. The lowest BCUT2D eigenvalue weighted by Crippen LogP contribution is -2.24. The summed E-state index contributed by atoms with van der Waals surface area (Å²) in [4.78, 5) is 7.08. The van der Waals surface area contributed by atoms with E-state index in [9.17, 15) is 0 Å². The summed E-state index contributed by atoms with van der Waals surface area (Å²) in [5, 5.41) is 0. The Bertz CT molecular complexity index is 568. The Labute approximate surface area is 132 Å². The van der Waals surface area contributed by atoms with Gasteiger partial charge >= 0.3 is 0 Å². The van der Waals surface area contributed by atoms with Crippen LogP contribution in [0.2, 0.25) is 0 Å². The molecule has 1 fully saturated rings. The molecule has 0 saturated carbocycles. The minimum atomic E-state index is 0.532. The molecule has 3 rings (SSSR count). The molecule has 0 radical (unpaired) electrons. The van der Waals surface area contributed by atoms with Gasteiger partial charge in [-0.15, -0.1) is 0 Å². The van der Waals surface area contributed by atoms with Crippen molar-refractivity contribution in [2.24, 2.45) is 0 Å². The molecular weight excluding hydrogens is 272 g/mol. The smallest absolute Gasteiger partial charge is 0.219 e. The zero-order valence-corrected chi connectivity index (χ0v) is 13.2. The molecule has 0 spiro atoms. The van der Waals surface area contributed by atoms with Crippen LogP contribution in [0.3, 0.4) is 0 Å². The monoisotopic (exact) mass is 296 g/mol. The molecule has 0 amide bonds. The van der Waals surface area contributed by atoms with Gasteiger partial charge in [-0.25, -0.2) is 4.98 Å². The molecular formula is C19H24N2O. The predicted octanol–water partition coefficient (Wildman–Crippen LogP) is 4.81. The molecule has 3 heteroatoms. The quantitative estimate of drug-likeness (QED) is 0.765. The van der Waals surface area contributed by atoms with Crippen molar-refractivity contribution in [2.75, 3.05) is 13.1 Å². The zero-order chi connectivity index (χ0) is 15.2. The lowest BCUT2D eigenvalue weighted by molar-refractivity contribution is 0.252. The molecule has 1 aromatic heterocycles. The Morgan fingerprint density at radius 3 is 2.77 bits per heavy atom. The predicted molar refractivity (Wildman–Crippen MR) is 89.2 cm³/mol. The van der Waals surface area contributed by atoms with E-state index in [4.69, 9.17) is 4.74 Å². The molecule has 0 N–H and O–H groups in total. The molecule has 2 heterocycles. The van der Waals surface area contributed by atoms with E-state index >= 15 is 0 Å². The third kappa shape index (κ3) is 3.66. The van der Waals surface area contributed by atoms with Crippen molar-refractivity contribution < 1.29 is 4.74 Å². The van der Waals surface area contributed by atoms with E-state index in [2.05, 4.69) is 22.9 Å². The summed E-state index contributed by atoms with van der Waals surface area (Å²) in [6.45, 7) is 4.67. The van der Waals surface area contributed by atoms with Gasteiger partial charge in [0.2, 0.25) is 5.88 Å². The highest BCUT2D eigenvalue weighted by Gasteiger charge is 2.25. The lowest BCUT2D eigenvalue weighted by Gasteiger charge is -2.24. The highest BCUT2D eigenvalue weighted by molar-refractivity contribution is 5.28. The lowest BCUT2D eigenvalue weighted by atomic mass is 10.1. The van der Waals surface area contributed by atoms with Crippen molar-refractivity contribution >= 4 is 0 Å². The van der Waals surface area contributed by atoms with Crippen LogP contribution in [-0.2, 0) is 0 Å². The molecule has 0 aliphatic carbocycles. The largest absolute Gasteiger partial charge is 0.439 e. The first-order chi connectivity index (χ1) is 10.9. The third-order valence-electron chi connectivity index (χ3n) is 4.27. The minimum absolute atomic E-state index is 0.532. The number of hydrogen-bond acceptors (Lipinski definition) is 3. The number of ether oxygens (including phenoxy) is 1. The van der Waals surface area contributed by atoms with Gasteiger partial charge in [0.25, 0.3) is 0 Å². The van der Waals surface area contributed by atoms with Crippen molar-refractivity contribution in [3.8, 4) is 11.6 Å². The number of benzene rings is 1. The molecule has 22 heavy (non-hydrogen) atoms. The van der Waals surface area contributed by atoms with Crippen molar-refractivity contribution in [2.45, 2.75) is 38.6 Å². The Balaban J connectivity index is 1.66. The molecule has 1 aromatic carbocycles. The van der Waals surface area contributed by atoms with Crippen molar-refractivity contribution in [3.63, 3.8) is 0 Å². The number of pyridine rings is 1. The Hall–Kier alpha value is -1.87. The fourth-order valence-corrected chi connectivity index (χ4v) is 3.09. The maximum Gasteiger partial charge on any atom is 0.219 e. The van der Waals surface area contributed by atoms with Gasteiger partial charge in [0, 0.05) is 18.3 Å². The first kappa shape index (κ1) is 15.0. The van der Waals surface area contributed by atoms with Crippen LogP contribution in [0.4, 0.5) is 0 Å². The maximum atomic E-state index is 5.76. The molecule has 116 valence electrons. The first-order valence-corrected chi connectivity index (χ1v) is 8.29. The van der Waals surface area contributed by atoms with Crippen LogP contribution in [0.15, 0.2) is 48.7 Å². The molecule has 1 atom stereocenters. The van der Waals surface area contributed by atoms with E-state index < -0.39 is 0 Å². The molecule has 3 nitrogen and oxygen atoms in total. The van der Waals surface area contributed by atoms with E-state index in [1.165, 1.54) is 44.3 Å². The average molecular weight is 296 g/mol. The summed E-state index contributed by atoms with van der Waals surface area (Å²) in [6, 6.07) is 14.5. The first-order valence-electron chi connectivity index (χ1n) is 8.29. The van der Waals surface area contributed by atoms with Crippen molar-refractivity contribution in [1.29, 1.82) is 0 Å². The zero-order valence-electron chi connectivity index (χ0n) is 13.2. The molecule has 1 aliphatic heterocycles. The molecule has 2 aromatic rings. The van der Waals surface area contributed by atoms with Gasteiger partial charge in [-0.05, 0) is 50.0 Å². The summed E-state index contributed by atoms with van der Waals surface area (Å²) < 4.78 is 5.76. The van der Waals surface area contributed by atoms with Crippen molar-refractivity contribution in [1.82, 2.24) is 9.88 Å². The second kappa shape index (κ2) is 7.41. The topological polar surface area (TPSA) is 25.4 Å². The number of hydrogen-bond donors (Lipinski definition) is 0. The summed E-state index contributed by atoms with van der Waals surface area (Å²) in [5.74, 6) is 1.49. The molecule has 0 unspecified atom stereocenters. The van der Waals surface area contributed by atoms with Gasteiger partial charge in [-0.2, -0.15) is 0 Å². The van der Waals surface area contributed by atoms with Gasteiger partial charge in [0.05, 0.1) is 0 Å². The average Bonchev–Trinajstić information content (AvgIpc) is 3.03. The fraction of sp³-hybridized carbons (Fsp3) is 0.421. The van der Waals surface area contributed by atoms with Crippen LogP contribution in [0.5, 0.6) is 11.6 Å². The molecule has 1 saturated heterocycles. The van der Waals surface area contributed by atoms with Crippen LogP contribution in [0, 0.1) is 0 Å². The second-order valence-electron chi connectivity index (χ2n) is 5.89. The van der Waals surface area contributed by atoms with Gasteiger partial charge in [-0.3, -0.25) is 4.90 Å². The van der Waals surface area contributed by atoms with Gasteiger partial charge < -0.3 is 4.74 Å². The highest BCUT2D eigenvalue weighted by atomic mass is 16.5. The molecule has 1 aliphatic rings. The Kier molecular flexibility index (Phi) is 5.07. The number of para-hydroxylation sites is 1.